The highest BCUT2D eigenvalue weighted by molar-refractivity contribution is 7.80. The van der Waals surface area contributed by atoms with Crippen molar-refractivity contribution in [2.75, 3.05) is 51.8 Å². The van der Waals surface area contributed by atoms with Gasteiger partial charge in [0.15, 0.2) is 5.11 Å². The number of benzene rings is 1. The number of ether oxygens (including phenoxy) is 2. The van der Waals surface area contributed by atoms with Crippen LogP contribution in [0.3, 0.4) is 0 Å². The first-order valence-corrected chi connectivity index (χ1v) is 9.96. The van der Waals surface area contributed by atoms with Crippen LogP contribution in [0.25, 0.3) is 0 Å². The second-order valence-corrected chi connectivity index (χ2v) is 7.26. The molecule has 6 nitrogen and oxygen atoms in total. The minimum absolute atomic E-state index is 0.681. The largest absolute Gasteiger partial charge is 0.495 e. The fourth-order valence-corrected chi connectivity index (χ4v) is 3.43. The molecule has 1 aromatic carbocycles. The lowest BCUT2D eigenvalue weighted by Gasteiger charge is -2.31. The fourth-order valence-electron chi connectivity index (χ4n) is 3.17. The van der Waals surface area contributed by atoms with Crippen molar-refractivity contribution in [2.45, 2.75) is 13.5 Å². The van der Waals surface area contributed by atoms with E-state index in [-0.39, 0.29) is 0 Å². The predicted octanol–water partition coefficient (Wildman–Crippen LogP) is 2.93. The molecule has 1 fully saturated rings. The lowest BCUT2D eigenvalue weighted by Crippen LogP contribution is -2.44. The summed E-state index contributed by atoms with van der Waals surface area (Å²) >= 11 is 5.77. The highest BCUT2D eigenvalue weighted by atomic mass is 32.1. The molecule has 150 valence electrons. The van der Waals surface area contributed by atoms with Gasteiger partial charge in [-0.05, 0) is 48.5 Å². The lowest BCUT2D eigenvalue weighted by molar-refractivity contribution is 0.0358. The molecule has 7 heteroatoms. The molecule has 0 radical (unpaired) electrons. The number of nitrogens with one attached hydrogen (secondary N) is 1. The van der Waals surface area contributed by atoms with Gasteiger partial charge in [-0.25, -0.2) is 0 Å². The van der Waals surface area contributed by atoms with E-state index in [9.17, 15) is 0 Å². The van der Waals surface area contributed by atoms with Gasteiger partial charge in [-0.15, -0.1) is 0 Å². The van der Waals surface area contributed by atoms with Gasteiger partial charge in [0.2, 0.25) is 0 Å². The van der Waals surface area contributed by atoms with Gasteiger partial charge in [-0.2, -0.15) is 0 Å². The van der Waals surface area contributed by atoms with Crippen LogP contribution in [0.5, 0.6) is 5.75 Å². The van der Waals surface area contributed by atoms with E-state index in [0.717, 1.165) is 62.0 Å². The van der Waals surface area contributed by atoms with Crippen molar-refractivity contribution in [2.24, 2.45) is 0 Å². The summed E-state index contributed by atoms with van der Waals surface area (Å²) in [6, 6.07) is 10.1. The topological polar surface area (TPSA) is 49.9 Å². The zero-order chi connectivity index (χ0) is 19.8. The van der Waals surface area contributed by atoms with Crippen LogP contribution in [0.15, 0.2) is 42.7 Å². The molecule has 1 aliphatic heterocycles. The minimum atomic E-state index is 0.681. The van der Waals surface area contributed by atoms with Gasteiger partial charge in [0, 0.05) is 45.1 Å². The molecule has 2 heterocycles. The number of aryl methyl sites for hydroxylation is 1. The van der Waals surface area contributed by atoms with Crippen LogP contribution < -0.4 is 10.1 Å². The number of aromatic nitrogens is 1. The van der Waals surface area contributed by atoms with Gasteiger partial charge in [0.1, 0.15) is 5.75 Å². The number of hydrogen-bond donors (Lipinski definition) is 1. The normalized spacial score (nSPS) is 14.5. The average molecular weight is 401 g/mol. The van der Waals surface area contributed by atoms with Crippen molar-refractivity contribution in [1.29, 1.82) is 0 Å². The Morgan fingerprint density at radius 1 is 1.32 bits per heavy atom. The molecule has 0 unspecified atom stereocenters. The summed E-state index contributed by atoms with van der Waals surface area (Å²) in [4.78, 5) is 8.83. The molecule has 0 saturated carbocycles. The van der Waals surface area contributed by atoms with Gasteiger partial charge >= 0.3 is 0 Å². The van der Waals surface area contributed by atoms with Crippen molar-refractivity contribution in [1.82, 2.24) is 14.8 Å². The number of thiocarbonyl (C=S) groups is 1. The van der Waals surface area contributed by atoms with Gasteiger partial charge in [0.25, 0.3) is 0 Å². The fraction of sp³-hybridized carbons (Fsp3) is 0.429. The third-order valence-corrected chi connectivity index (χ3v) is 5.13. The molecule has 0 atom stereocenters. The molecule has 1 aromatic heterocycles. The van der Waals surface area contributed by atoms with E-state index in [1.165, 1.54) is 0 Å². The van der Waals surface area contributed by atoms with E-state index in [2.05, 4.69) is 39.2 Å². The van der Waals surface area contributed by atoms with Crippen LogP contribution in [-0.2, 0) is 11.3 Å². The van der Waals surface area contributed by atoms with E-state index in [1.54, 1.807) is 13.3 Å². The molecule has 3 rings (SSSR count). The Bertz CT molecular complexity index is 766. The quantitative estimate of drug-likeness (QED) is 0.717. The number of pyridine rings is 1. The molecule has 2 aromatic rings. The summed E-state index contributed by atoms with van der Waals surface area (Å²) in [7, 11) is 1.67. The monoisotopic (exact) mass is 400 g/mol. The summed E-state index contributed by atoms with van der Waals surface area (Å²) in [6.07, 6.45) is 3.67. The number of hydrogen-bond acceptors (Lipinski definition) is 5. The van der Waals surface area contributed by atoms with E-state index < -0.39 is 0 Å². The summed E-state index contributed by atoms with van der Waals surface area (Å²) in [5, 5.41) is 4.06. The van der Waals surface area contributed by atoms with E-state index in [1.807, 2.05) is 24.4 Å². The van der Waals surface area contributed by atoms with Crippen LogP contribution in [0.2, 0.25) is 0 Å². The maximum atomic E-state index is 5.77. The van der Waals surface area contributed by atoms with Crippen molar-refractivity contribution < 1.29 is 9.47 Å². The SMILES string of the molecule is COc1ccc(C)cc1NC(=S)N(CCN1CCOCC1)Cc1cccnc1. The van der Waals surface area contributed by atoms with Crippen LogP contribution >= 0.6 is 12.2 Å². The Balaban J connectivity index is 1.71. The standard InChI is InChI=1S/C21H28N4O2S/c1-17-5-6-20(26-2)19(14-17)23-21(28)25(16-18-4-3-7-22-15-18)9-8-24-10-12-27-13-11-24/h3-7,14-15H,8-13,16H2,1-2H3,(H,23,28). The van der Waals surface area contributed by atoms with Crippen LogP contribution in [0.4, 0.5) is 5.69 Å². The number of methoxy groups -OCH3 is 1. The van der Waals surface area contributed by atoms with E-state index in [4.69, 9.17) is 21.7 Å². The highest BCUT2D eigenvalue weighted by Gasteiger charge is 2.16. The zero-order valence-corrected chi connectivity index (χ0v) is 17.4. The third-order valence-electron chi connectivity index (χ3n) is 4.77. The molecule has 0 aliphatic carbocycles. The Morgan fingerprint density at radius 2 is 2.14 bits per heavy atom. The summed E-state index contributed by atoms with van der Waals surface area (Å²) in [6.45, 7) is 8.06. The maximum Gasteiger partial charge on any atom is 0.173 e. The van der Waals surface area contributed by atoms with Gasteiger partial charge in [-0.3, -0.25) is 9.88 Å². The first-order chi connectivity index (χ1) is 13.7. The molecule has 1 N–H and O–H groups in total. The second kappa shape index (κ2) is 10.4. The molecule has 0 spiro atoms. The van der Waals surface area contributed by atoms with Gasteiger partial charge in [0.05, 0.1) is 26.0 Å². The number of rotatable bonds is 7. The average Bonchev–Trinajstić information content (AvgIpc) is 2.72. The predicted molar refractivity (Wildman–Crippen MR) is 116 cm³/mol. The summed E-state index contributed by atoms with van der Waals surface area (Å²) in [5.41, 5.74) is 3.16. The molecular weight excluding hydrogens is 372 g/mol. The zero-order valence-electron chi connectivity index (χ0n) is 16.6. The highest BCUT2D eigenvalue weighted by Crippen LogP contribution is 2.25. The molecular formula is C21H28N4O2S. The molecule has 1 saturated heterocycles. The lowest BCUT2D eigenvalue weighted by atomic mass is 10.2. The Kier molecular flexibility index (Phi) is 7.59. The Morgan fingerprint density at radius 3 is 2.86 bits per heavy atom. The van der Waals surface area contributed by atoms with Crippen LogP contribution in [0.1, 0.15) is 11.1 Å². The smallest absolute Gasteiger partial charge is 0.173 e. The van der Waals surface area contributed by atoms with Crippen molar-refractivity contribution in [3.05, 3.63) is 53.9 Å². The first-order valence-electron chi connectivity index (χ1n) is 9.55. The van der Waals surface area contributed by atoms with Gasteiger partial charge in [-0.1, -0.05) is 12.1 Å². The van der Waals surface area contributed by atoms with E-state index in [0.29, 0.717) is 11.7 Å². The Hall–Kier alpha value is -2.22. The third kappa shape index (κ3) is 5.89. The summed E-state index contributed by atoms with van der Waals surface area (Å²) < 4.78 is 10.9. The molecule has 1 aliphatic rings. The molecule has 0 bridgehead atoms. The van der Waals surface area contributed by atoms with E-state index >= 15 is 0 Å². The Labute approximate surface area is 172 Å². The first kappa shape index (κ1) is 20.5. The van der Waals surface area contributed by atoms with Crippen LogP contribution in [0, 0.1) is 6.92 Å². The van der Waals surface area contributed by atoms with Crippen molar-refractivity contribution >= 4 is 23.0 Å². The van der Waals surface area contributed by atoms with Crippen LogP contribution in [-0.4, -0.2) is 66.4 Å². The van der Waals surface area contributed by atoms with Crippen molar-refractivity contribution in [3.63, 3.8) is 0 Å². The number of nitrogens with zero attached hydrogens (tertiary/aromatic N) is 3. The second-order valence-electron chi connectivity index (χ2n) is 6.87. The number of morpholine rings is 1. The summed E-state index contributed by atoms with van der Waals surface area (Å²) in [5.74, 6) is 0.780. The van der Waals surface area contributed by atoms with Crippen molar-refractivity contribution in [3.8, 4) is 5.75 Å². The molecule has 0 amide bonds. The maximum absolute atomic E-state index is 5.77. The number of anilines is 1. The minimum Gasteiger partial charge on any atom is -0.495 e. The van der Waals surface area contributed by atoms with Gasteiger partial charge < -0.3 is 19.7 Å². The molecule has 28 heavy (non-hydrogen) atoms.